The Bertz CT molecular complexity index is 719. The summed E-state index contributed by atoms with van der Waals surface area (Å²) >= 11 is 0. The summed E-state index contributed by atoms with van der Waals surface area (Å²) in [5.74, 6) is 0.537. The van der Waals surface area contributed by atoms with Gasteiger partial charge in [-0.05, 0) is 31.0 Å². The van der Waals surface area contributed by atoms with E-state index in [0.717, 1.165) is 5.56 Å². The summed E-state index contributed by atoms with van der Waals surface area (Å²) in [7, 11) is 0. The normalized spacial score (nSPS) is 21.1. The van der Waals surface area contributed by atoms with Crippen molar-refractivity contribution in [2.24, 2.45) is 0 Å². The molecule has 128 valence electrons. The van der Waals surface area contributed by atoms with Gasteiger partial charge in [0.05, 0.1) is 6.10 Å². The third kappa shape index (κ3) is 3.98. The number of benzene rings is 1. The molecule has 3 rings (SSSR count). The van der Waals surface area contributed by atoms with Gasteiger partial charge >= 0.3 is 0 Å². The Morgan fingerprint density at radius 2 is 2.33 bits per heavy atom. The number of carbonyl (C=O) groups excluding carboxylic acids is 1. The van der Waals surface area contributed by atoms with Crippen molar-refractivity contribution >= 4 is 11.7 Å². The van der Waals surface area contributed by atoms with Crippen LogP contribution in [0.25, 0.3) is 0 Å². The molecule has 1 fully saturated rings. The summed E-state index contributed by atoms with van der Waals surface area (Å²) in [6.45, 7) is 2.69. The number of β-amino-alcohol motifs (C(OH)–C–C–N with tert-alkyl or cyclic N) is 1. The molecule has 0 bridgehead atoms. The zero-order chi connectivity index (χ0) is 17.1. The highest BCUT2D eigenvalue weighted by molar-refractivity contribution is 5.89. The summed E-state index contributed by atoms with van der Waals surface area (Å²) in [6, 6.07) is 7.94. The fraction of sp³-hybridized carbons (Fsp3) is 0.412. The van der Waals surface area contributed by atoms with Crippen molar-refractivity contribution in [3.8, 4) is 0 Å². The largest absolute Gasteiger partial charge is 0.392 e. The molecule has 1 saturated heterocycles. The monoisotopic (exact) mass is 333 g/mol. The highest BCUT2D eigenvalue weighted by Crippen LogP contribution is 2.32. The molecule has 2 aromatic rings. The zero-order valence-electron chi connectivity index (χ0n) is 13.4. The molecular weight excluding hydrogens is 313 g/mol. The highest BCUT2D eigenvalue weighted by atomic mass is 19.1. The Hall–Kier alpha value is -2.25. The quantitative estimate of drug-likeness (QED) is 0.877. The minimum atomic E-state index is -0.473. The first-order valence-corrected chi connectivity index (χ1v) is 7.92. The molecule has 24 heavy (non-hydrogen) atoms. The first-order chi connectivity index (χ1) is 11.5. The number of aryl methyl sites for hydroxylation is 1. The molecule has 0 spiro atoms. The van der Waals surface area contributed by atoms with E-state index in [1.165, 1.54) is 12.1 Å². The van der Waals surface area contributed by atoms with Crippen molar-refractivity contribution in [3.05, 3.63) is 47.5 Å². The number of nitrogens with one attached hydrogen (secondary N) is 1. The van der Waals surface area contributed by atoms with E-state index in [4.69, 9.17) is 4.52 Å². The molecule has 6 nitrogen and oxygen atoms in total. The summed E-state index contributed by atoms with van der Waals surface area (Å²) in [4.78, 5) is 14.0. The molecule has 2 atom stereocenters. The van der Waals surface area contributed by atoms with E-state index in [0.29, 0.717) is 31.1 Å². The van der Waals surface area contributed by atoms with E-state index in [1.54, 1.807) is 19.1 Å². The van der Waals surface area contributed by atoms with Crippen molar-refractivity contribution in [2.75, 3.05) is 18.4 Å². The summed E-state index contributed by atoms with van der Waals surface area (Å²) in [5.41, 5.74) is 0.819. The van der Waals surface area contributed by atoms with Gasteiger partial charge in [-0.2, -0.15) is 0 Å². The number of amides is 1. The zero-order valence-corrected chi connectivity index (χ0v) is 13.4. The van der Waals surface area contributed by atoms with E-state index in [2.05, 4.69) is 10.5 Å². The number of likely N-dealkylation sites (tertiary alicyclic amines) is 1. The maximum absolute atomic E-state index is 13.4. The molecule has 0 aliphatic carbocycles. The number of aliphatic hydroxyl groups excluding tert-OH is 1. The Morgan fingerprint density at radius 3 is 3.04 bits per heavy atom. The van der Waals surface area contributed by atoms with E-state index in [9.17, 15) is 14.3 Å². The number of anilines is 1. The van der Waals surface area contributed by atoms with Crippen molar-refractivity contribution in [3.63, 3.8) is 0 Å². The Labute approximate surface area is 139 Å². The van der Waals surface area contributed by atoms with Gasteiger partial charge in [-0.1, -0.05) is 17.3 Å². The minimum Gasteiger partial charge on any atom is -0.392 e. The lowest BCUT2D eigenvalue weighted by Crippen LogP contribution is -2.29. The van der Waals surface area contributed by atoms with Crippen molar-refractivity contribution in [1.82, 2.24) is 10.1 Å². The summed E-state index contributed by atoms with van der Waals surface area (Å²) in [5, 5.41) is 16.3. The molecule has 1 aromatic carbocycles. The lowest BCUT2D eigenvalue weighted by molar-refractivity contribution is -0.116. The van der Waals surface area contributed by atoms with Crippen LogP contribution < -0.4 is 5.32 Å². The standard InChI is InChI=1S/C17H20FN3O3/c1-11-7-16(20-24-11)19-17(23)5-6-21-10-14(22)9-15(21)12-3-2-4-13(18)8-12/h2-4,7-8,14-15,22H,5-6,9-10H2,1H3,(H,19,20,23)/t14-,15+/m1/s1. The second-order valence-electron chi connectivity index (χ2n) is 6.08. The van der Waals surface area contributed by atoms with Crippen LogP contribution in [0.4, 0.5) is 10.2 Å². The van der Waals surface area contributed by atoms with Crippen LogP contribution in [-0.2, 0) is 4.79 Å². The average molecular weight is 333 g/mol. The van der Waals surface area contributed by atoms with Crippen LogP contribution in [0.2, 0.25) is 0 Å². The lowest BCUT2D eigenvalue weighted by atomic mass is 10.0. The molecule has 1 aliphatic rings. The number of halogens is 1. The summed E-state index contributed by atoms with van der Waals surface area (Å²) in [6.07, 6.45) is 0.317. The topological polar surface area (TPSA) is 78.6 Å². The van der Waals surface area contributed by atoms with Crippen LogP contribution in [0.3, 0.4) is 0 Å². The van der Waals surface area contributed by atoms with Gasteiger partial charge in [-0.3, -0.25) is 9.69 Å². The first kappa shape index (κ1) is 16.6. The Balaban J connectivity index is 1.59. The molecule has 7 heteroatoms. The number of carbonyl (C=O) groups is 1. The number of hydrogen-bond acceptors (Lipinski definition) is 5. The molecular formula is C17H20FN3O3. The molecule has 1 amide bonds. The number of rotatable bonds is 5. The van der Waals surface area contributed by atoms with Crippen molar-refractivity contribution in [1.29, 1.82) is 0 Å². The molecule has 0 unspecified atom stereocenters. The van der Waals surface area contributed by atoms with Crippen LogP contribution in [0.15, 0.2) is 34.9 Å². The predicted molar refractivity (Wildman–Crippen MR) is 85.8 cm³/mol. The lowest BCUT2D eigenvalue weighted by Gasteiger charge is -2.24. The third-order valence-electron chi connectivity index (χ3n) is 4.14. The first-order valence-electron chi connectivity index (χ1n) is 7.92. The van der Waals surface area contributed by atoms with Crippen LogP contribution in [-0.4, -0.2) is 40.3 Å². The van der Waals surface area contributed by atoms with Crippen molar-refractivity contribution in [2.45, 2.75) is 31.9 Å². The fourth-order valence-electron chi connectivity index (χ4n) is 3.06. The van der Waals surface area contributed by atoms with Gasteiger partial charge in [0, 0.05) is 31.6 Å². The van der Waals surface area contributed by atoms with Gasteiger partial charge in [0.15, 0.2) is 5.82 Å². The second-order valence-corrected chi connectivity index (χ2v) is 6.08. The smallest absolute Gasteiger partial charge is 0.226 e. The predicted octanol–water partition coefficient (Wildman–Crippen LogP) is 2.26. The maximum Gasteiger partial charge on any atom is 0.226 e. The van der Waals surface area contributed by atoms with Crippen LogP contribution in [0, 0.1) is 12.7 Å². The Kier molecular flexibility index (Phi) is 4.92. The molecule has 1 aromatic heterocycles. The minimum absolute atomic E-state index is 0.0854. The fourth-order valence-corrected chi connectivity index (χ4v) is 3.06. The molecule has 0 saturated carbocycles. The van der Waals surface area contributed by atoms with Gasteiger partial charge in [0.2, 0.25) is 5.91 Å². The second kappa shape index (κ2) is 7.11. The third-order valence-corrected chi connectivity index (χ3v) is 4.14. The summed E-state index contributed by atoms with van der Waals surface area (Å²) < 4.78 is 18.3. The maximum atomic E-state index is 13.4. The van der Waals surface area contributed by atoms with Gasteiger partial charge < -0.3 is 14.9 Å². The van der Waals surface area contributed by atoms with Gasteiger partial charge in [-0.15, -0.1) is 0 Å². The van der Waals surface area contributed by atoms with Gasteiger partial charge in [0.1, 0.15) is 11.6 Å². The van der Waals surface area contributed by atoms with Gasteiger partial charge in [-0.25, -0.2) is 4.39 Å². The van der Waals surface area contributed by atoms with Gasteiger partial charge in [0.25, 0.3) is 0 Å². The molecule has 2 heterocycles. The van der Waals surface area contributed by atoms with Crippen LogP contribution >= 0.6 is 0 Å². The Morgan fingerprint density at radius 1 is 1.50 bits per heavy atom. The van der Waals surface area contributed by atoms with E-state index in [-0.39, 0.29) is 24.2 Å². The molecule has 1 aliphatic heterocycles. The molecule has 2 N–H and O–H groups in total. The van der Waals surface area contributed by atoms with E-state index >= 15 is 0 Å². The van der Waals surface area contributed by atoms with Crippen LogP contribution in [0.5, 0.6) is 0 Å². The molecule has 0 radical (unpaired) electrons. The van der Waals surface area contributed by atoms with E-state index in [1.807, 2.05) is 11.0 Å². The van der Waals surface area contributed by atoms with E-state index < -0.39 is 6.10 Å². The SMILES string of the molecule is Cc1cc(NC(=O)CCN2C[C@H](O)C[C@H]2c2cccc(F)c2)no1. The number of hydrogen-bond donors (Lipinski definition) is 2. The van der Waals surface area contributed by atoms with Crippen molar-refractivity contribution < 1.29 is 18.8 Å². The highest BCUT2D eigenvalue weighted by Gasteiger charge is 2.32. The number of aromatic nitrogens is 1. The average Bonchev–Trinajstić information content (AvgIpc) is 3.11. The van der Waals surface area contributed by atoms with Crippen LogP contribution in [0.1, 0.15) is 30.2 Å². The number of nitrogens with zero attached hydrogens (tertiary/aromatic N) is 2. The number of aliphatic hydroxyl groups is 1.